The summed E-state index contributed by atoms with van der Waals surface area (Å²) in [6.45, 7) is 1.99. The normalized spacial score (nSPS) is 17.9. The number of pyridine rings is 1. The Hall–Kier alpha value is -1.23. The lowest BCUT2D eigenvalue weighted by atomic mass is 10.4. The zero-order chi connectivity index (χ0) is 14.8. The number of rotatable bonds is 4. The van der Waals surface area contributed by atoms with E-state index < -0.39 is 20.0 Å². The first kappa shape index (κ1) is 15.2. The minimum absolute atomic E-state index is 0.0948. The first-order valence-corrected chi connectivity index (χ1v) is 9.27. The SMILES string of the molecule is CS(=O)(=O)c1ccc(NS(=O)(=O)N2CCNCC2)cn1. The molecule has 20 heavy (non-hydrogen) atoms. The second-order valence-electron chi connectivity index (χ2n) is 4.41. The van der Waals surface area contributed by atoms with Crippen molar-refractivity contribution in [2.24, 2.45) is 0 Å². The molecular weight excluding hydrogens is 304 g/mol. The van der Waals surface area contributed by atoms with Crippen LogP contribution in [0.1, 0.15) is 0 Å². The van der Waals surface area contributed by atoms with E-state index in [0.717, 1.165) is 6.26 Å². The van der Waals surface area contributed by atoms with Crippen LogP contribution in [-0.2, 0) is 20.0 Å². The Morgan fingerprint density at radius 3 is 2.35 bits per heavy atom. The molecule has 1 saturated heterocycles. The Labute approximate surface area is 118 Å². The Balaban J connectivity index is 2.13. The number of anilines is 1. The molecule has 10 heteroatoms. The van der Waals surface area contributed by atoms with Gasteiger partial charge in [-0.3, -0.25) is 4.72 Å². The van der Waals surface area contributed by atoms with Gasteiger partial charge in [-0.25, -0.2) is 13.4 Å². The molecule has 1 aromatic rings. The summed E-state index contributed by atoms with van der Waals surface area (Å²) in [6, 6.07) is 2.65. The molecular formula is C10H16N4O4S2. The first-order valence-electron chi connectivity index (χ1n) is 5.94. The van der Waals surface area contributed by atoms with Crippen LogP contribution in [0.3, 0.4) is 0 Å². The van der Waals surface area contributed by atoms with Gasteiger partial charge in [0.1, 0.15) is 0 Å². The summed E-state index contributed by atoms with van der Waals surface area (Å²) in [5, 5.41) is 2.97. The highest BCUT2D eigenvalue weighted by Gasteiger charge is 2.23. The van der Waals surface area contributed by atoms with Gasteiger partial charge in [-0.05, 0) is 12.1 Å². The van der Waals surface area contributed by atoms with Crippen LogP contribution in [0, 0.1) is 0 Å². The average molecular weight is 320 g/mol. The fraction of sp³-hybridized carbons (Fsp3) is 0.500. The zero-order valence-electron chi connectivity index (χ0n) is 10.9. The highest BCUT2D eigenvalue weighted by atomic mass is 32.2. The van der Waals surface area contributed by atoms with Crippen molar-refractivity contribution < 1.29 is 16.8 Å². The molecule has 0 amide bonds. The summed E-state index contributed by atoms with van der Waals surface area (Å²) in [6.07, 6.45) is 2.23. The Bertz CT molecular complexity index is 664. The van der Waals surface area contributed by atoms with E-state index in [2.05, 4.69) is 15.0 Å². The second kappa shape index (κ2) is 5.64. The molecule has 0 saturated carbocycles. The molecule has 2 heterocycles. The highest BCUT2D eigenvalue weighted by Crippen LogP contribution is 2.13. The summed E-state index contributed by atoms with van der Waals surface area (Å²) < 4.78 is 50.4. The molecule has 0 spiro atoms. The number of hydrogen-bond acceptors (Lipinski definition) is 6. The summed E-state index contributed by atoms with van der Waals surface area (Å²) >= 11 is 0. The molecule has 1 aromatic heterocycles. The van der Waals surface area contributed by atoms with Gasteiger partial charge in [0.25, 0.3) is 0 Å². The molecule has 112 valence electrons. The lowest BCUT2D eigenvalue weighted by molar-refractivity contribution is 0.362. The molecule has 0 unspecified atom stereocenters. The van der Waals surface area contributed by atoms with Crippen molar-refractivity contribution in [2.45, 2.75) is 5.03 Å². The van der Waals surface area contributed by atoms with Crippen LogP contribution < -0.4 is 10.0 Å². The highest BCUT2D eigenvalue weighted by molar-refractivity contribution is 7.90. The molecule has 2 N–H and O–H groups in total. The van der Waals surface area contributed by atoms with E-state index in [0.29, 0.717) is 26.2 Å². The molecule has 2 rings (SSSR count). The lowest BCUT2D eigenvalue weighted by Gasteiger charge is -2.26. The zero-order valence-corrected chi connectivity index (χ0v) is 12.5. The van der Waals surface area contributed by atoms with Gasteiger partial charge in [0, 0.05) is 32.4 Å². The third kappa shape index (κ3) is 3.66. The predicted molar refractivity (Wildman–Crippen MR) is 74.3 cm³/mol. The maximum absolute atomic E-state index is 12.1. The topological polar surface area (TPSA) is 108 Å². The number of nitrogens with one attached hydrogen (secondary N) is 2. The number of piperazine rings is 1. The van der Waals surface area contributed by atoms with E-state index in [4.69, 9.17) is 0 Å². The predicted octanol–water partition coefficient (Wildman–Crippen LogP) is -0.953. The summed E-state index contributed by atoms with van der Waals surface area (Å²) in [5.41, 5.74) is 0.232. The van der Waals surface area contributed by atoms with Crippen LogP contribution in [0.5, 0.6) is 0 Å². The summed E-state index contributed by atoms with van der Waals surface area (Å²) in [7, 11) is -7.02. The fourth-order valence-corrected chi connectivity index (χ4v) is 3.53. The van der Waals surface area contributed by atoms with E-state index in [1.165, 1.54) is 22.6 Å². The van der Waals surface area contributed by atoms with E-state index in [1.807, 2.05) is 0 Å². The number of hydrogen-bond donors (Lipinski definition) is 2. The molecule has 8 nitrogen and oxygen atoms in total. The van der Waals surface area contributed by atoms with Crippen molar-refractivity contribution in [1.29, 1.82) is 0 Å². The monoisotopic (exact) mass is 320 g/mol. The van der Waals surface area contributed by atoms with E-state index >= 15 is 0 Å². The van der Waals surface area contributed by atoms with Crippen molar-refractivity contribution in [3.63, 3.8) is 0 Å². The van der Waals surface area contributed by atoms with Crippen LogP contribution in [0.15, 0.2) is 23.4 Å². The quantitative estimate of drug-likeness (QED) is 0.740. The Morgan fingerprint density at radius 2 is 1.85 bits per heavy atom. The van der Waals surface area contributed by atoms with Gasteiger partial charge >= 0.3 is 10.2 Å². The van der Waals surface area contributed by atoms with Gasteiger partial charge in [-0.1, -0.05) is 0 Å². The Morgan fingerprint density at radius 1 is 1.20 bits per heavy atom. The molecule has 1 fully saturated rings. The molecule has 0 bridgehead atoms. The third-order valence-corrected chi connectivity index (χ3v) is 5.32. The number of sulfone groups is 1. The van der Waals surface area contributed by atoms with Crippen LogP contribution in [0.25, 0.3) is 0 Å². The van der Waals surface area contributed by atoms with Crippen LogP contribution in [0.2, 0.25) is 0 Å². The maximum atomic E-state index is 12.1. The molecule has 0 atom stereocenters. The van der Waals surface area contributed by atoms with E-state index in [9.17, 15) is 16.8 Å². The van der Waals surface area contributed by atoms with Gasteiger partial charge in [0.2, 0.25) is 0 Å². The number of nitrogens with zero attached hydrogens (tertiary/aromatic N) is 2. The van der Waals surface area contributed by atoms with Crippen molar-refractivity contribution >= 4 is 25.7 Å². The summed E-state index contributed by atoms with van der Waals surface area (Å²) in [5.74, 6) is 0. The second-order valence-corrected chi connectivity index (χ2v) is 8.05. The van der Waals surface area contributed by atoms with Crippen LogP contribution in [-0.4, -0.2) is 58.6 Å². The maximum Gasteiger partial charge on any atom is 0.301 e. The Kier molecular flexibility index (Phi) is 4.28. The van der Waals surface area contributed by atoms with Gasteiger partial charge in [0.05, 0.1) is 11.9 Å². The minimum atomic E-state index is -3.63. The fourth-order valence-electron chi connectivity index (χ4n) is 1.76. The van der Waals surface area contributed by atoms with Gasteiger partial charge in [-0.2, -0.15) is 12.7 Å². The molecule has 0 aliphatic carbocycles. The molecule has 0 radical (unpaired) electrons. The standard InChI is InChI=1S/C10H16N4O4S2/c1-19(15,16)10-3-2-9(8-12-10)13-20(17,18)14-6-4-11-5-7-14/h2-3,8,11,13H,4-7H2,1H3. The van der Waals surface area contributed by atoms with Crippen molar-refractivity contribution in [1.82, 2.24) is 14.6 Å². The van der Waals surface area contributed by atoms with Crippen LogP contribution >= 0.6 is 0 Å². The smallest absolute Gasteiger partial charge is 0.301 e. The van der Waals surface area contributed by atoms with Crippen molar-refractivity contribution in [3.8, 4) is 0 Å². The van der Waals surface area contributed by atoms with Gasteiger partial charge < -0.3 is 5.32 Å². The van der Waals surface area contributed by atoms with Gasteiger partial charge in [-0.15, -0.1) is 0 Å². The van der Waals surface area contributed by atoms with Crippen molar-refractivity contribution in [3.05, 3.63) is 18.3 Å². The van der Waals surface area contributed by atoms with E-state index in [-0.39, 0.29) is 10.7 Å². The molecule has 1 aliphatic heterocycles. The average Bonchev–Trinajstić information content (AvgIpc) is 2.39. The van der Waals surface area contributed by atoms with E-state index in [1.54, 1.807) is 0 Å². The first-order chi connectivity index (χ1) is 9.29. The van der Waals surface area contributed by atoms with Crippen LogP contribution in [0.4, 0.5) is 5.69 Å². The minimum Gasteiger partial charge on any atom is -0.314 e. The lowest BCUT2D eigenvalue weighted by Crippen LogP contribution is -2.48. The van der Waals surface area contributed by atoms with Crippen molar-refractivity contribution in [2.75, 3.05) is 37.2 Å². The third-order valence-electron chi connectivity index (χ3n) is 2.78. The van der Waals surface area contributed by atoms with Gasteiger partial charge in [0.15, 0.2) is 14.9 Å². The summed E-state index contributed by atoms with van der Waals surface area (Å²) in [4.78, 5) is 3.73. The molecule has 1 aliphatic rings. The number of aromatic nitrogens is 1. The molecule has 0 aromatic carbocycles. The largest absolute Gasteiger partial charge is 0.314 e.